The van der Waals surface area contributed by atoms with Crippen LogP contribution in [0.4, 0.5) is 0 Å². The lowest BCUT2D eigenvalue weighted by Gasteiger charge is -2.32. The molecule has 0 aromatic heterocycles. The fourth-order valence-electron chi connectivity index (χ4n) is 3.98. The van der Waals surface area contributed by atoms with Gasteiger partial charge in [0.15, 0.2) is 0 Å². The standard InChI is InChI=1S/C23H31N3O3S/c1-4-26(5-2)30(28,29)22-17-21(12-11-19(22)3)23(27)25-15-13-24(14-16-25)18-20-9-7-6-8-10-20/h6-12,17H,4-5,13-16,18H2,1-3H3/p+1. The van der Waals surface area contributed by atoms with Gasteiger partial charge in [0.2, 0.25) is 10.0 Å². The molecule has 0 saturated carbocycles. The second kappa shape index (κ2) is 9.73. The lowest BCUT2D eigenvalue weighted by molar-refractivity contribution is -0.917. The van der Waals surface area contributed by atoms with E-state index in [1.54, 1.807) is 25.1 Å². The number of quaternary nitrogens is 1. The topological polar surface area (TPSA) is 62.1 Å². The molecular formula is C23H32N3O3S+. The number of carbonyl (C=O) groups excluding carboxylic acids is 1. The SMILES string of the molecule is CCN(CC)S(=O)(=O)c1cc(C(=O)N2CC[NH+](Cc3ccccc3)CC2)ccc1C. The molecule has 0 unspecified atom stereocenters. The summed E-state index contributed by atoms with van der Waals surface area (Å²) in [6, 6.07) is 15.4. The zero-order valence-electron chi connectivity index (χ0n) is 18.1. The summed E-state index contributed by atoms with van der Waals surface area (Å²) in [4.78, 5) is 16.6. The van der Waals surface area contributed by atoms with E-state index in [0.717, 1.165) is 19.6 Å². The molecule has 7 heteroatoms. The molecule has 1 heterocycles. The summed E-state index contributed by atoms with van der Waals surface area (Å²) in [6.45, 7) is 10.3. The molecule has 1 aliphatic heterocycles. The van der Waals surface area contributed by atoms with Gasteiger partial charge in [-0.1, -0.05) is 50.2 Å². The number of nitrogens with one attached hydrogen (secondary N) is 1. The van der Waals surface area contributed by atoms with Gasteiger partial charge in [-0.3, -0.25) is 4.79 Å². The molecule has 1 fully saturated rings. The van der Waals surface area contributed by atoms with Crippen LogP contribution in [0.25, 0.3) is 0 Å². The summed E-state index contributed by atoms with van der Waals surface area (Å²) < 4.78 is 27.4. The lowest BCUT2D eigenvalue weighted by atomic mass is 10.1. The second-order valence-electron chi connectivity index (χ2n) is 7.77. The van der Waals surface area contributed by atoms with Crippen LogP contribution in [-0.2, 0) is 16.6 Å². The predicted molar refractivity (Wildman–Crippen MR) is 118 cm³/mol. The van der Waals surface area contributed by atoms with Gasteiger partial charge in [-0.05, 0) is 24.6 Å². The third-order valence-corrected chi connectivity index (χ3v) is 8.00. The van der Waals surface area contributed by atoms with Crippen LogP contribution in [0.2, 0.25) is 0 Å². The maximum Gasteiger partial charge on any atom is 0.254 e. The Morgan fingerprint density at radius 2 is 1.67 bits per heavy atom. The first-order chi connectivity index (χ1) is 14.4. The Bertz CT molecular complexity index is 964. The van der Waals surface area contributed by atoms with Crippen molar-refractivity contribution in [1.82, 2.24) is 9.21 Å². The van der Waals surface area contributed by atoms with Gasteiger partial charge in [-0.2, -0.15) is 4.31 Å². The number of aryl methyl sites for hydroxylation is 1. The minimum absolute atomic E-state index is 0.0928. The molecule has 1 saturated heterocycles. The average molecular weight is 431 g/mol. The molecule has 1 aliphatic rings. The highest BCUT2D eigenvalue weighted by atomic mass is 32.2. The predicted octanol–water partition coefficient (Wildman–Crippen LogP) is 1.57. The normalized spacial score (nSPS) is 15.5. The van der Waals surface area contributed by atoms with Crippen LogP contribution in [0.1, 0.15) is 35.3 Å². The van der Waals surface area contributed by atoms with Crippen LogP contribution in [0, 0.1) is 6.92 Å². The number of carbonyl (C=O) groups is 1. The Morgan fingerprint density at radius 1 is 1.03 bits per heavy atom. The summed E-state index contributed by atoms with van der Waals surface area (Å²) in [5, 5.41) is 0. The summed E-state index contributed by atoms with van der Waals surface area (Å²) in [5.41, 5.74) is 2.41. The molecule has 0 aliphatic carbocycles. The third kappa shape index (κ3) is 4.91. The Kier molecular flexibility index (Phi) is 7.28. The van der Waals surface area contributed by atoms with Gasteiger partial charge in [0.1, 0.15) is 6.54 Å². The van der Waals surface area contributed by atoms with Crippen molar-refractivity contribution >= 4 is 15.9 Å². The van der Waals surface area contributed by atoms with E-state index in [9.17, 15) is 13.2 Å². The molecule has 2 aromatic rings. The zero-order chi connectivity index (χ0) is 21.7. The fraction of sp³-hybridized carbons (Fsp3) is 0.435. The molecule has 3 rings (SSSR count). The quantitative estimate of drug-likeness (QED) is 0.725. The van der Waals surface area contributed by atoms with E-state index in [-0.39, 0.29) is 10.8 Å². The van der Waals surface area contributed by atoms with Gasteiger partial charge in [0.05, 0.1) is 31.1 Å². The van der Waals surface area contributed by atoms with Crippen molar-refractivity contribution in [2.45, 2.75) is 32.2 Å². The molecule has 0 atom stereocenters. The average Bonchev–Trinajstić information content (AvgIpc) is 2.75. The van der Waals surface area contributed by atoms with E-state index in [1.165, 1.54) is 14.8 Å². The highest BCUT2D eigenvalue weighted by Crippen LogP contribution is 2.22. The first-order valence-corrected chi connectivity index (χ1v) is 12.1. The third-order valence-electron chi connectivity index (χ3n) is 5.81. The van der Waals surface area contributed by atoms with Crippen LogP contribution < -0.4 is 4.90 Å². The number of nitrogens with zero attached hydrogens (tertiary/aromatic N) is 2. The second-order valence-corrected chi connectivity index (χ2v) is 9.68. The van der Waals surface area contributed by atoms with Crippen molar-refractivity contribution in [2.24, 2.45) is 0 Å². The number of benzene rings is 2. The maximum absolute atomic E-state index is 13.1. The molecule has 2 aromatic carbocycles. The Labute approximate surface area is 180 Å². The zero-order valence-corrected chi connectivity index (χ0v) is 18.9. The van der Waals surface area contributed by atoms with Crippen molar-refractivity contribution in [2.75, 3.05) is 39.3 Å². The highest BCUT2D eigenvalue weighted by Gasteiger charge is 2.28. The highest BCUT2D eigenvalue weighted by molar-refractivity contribution is 7.89. The van der Waals surface area contributed by atoms with Gasteiger partial charge in [0, 0.05) is 24.2 Å². The molecule has 1 amide bonds. The van der Waals surface area contributed by atoms with Crippen LogP contribution in [0.5, 0.6) is 0 Å². The van der Waals surface area contributed by atoms with Crippen LogP contribution >= 0.6 is 0 Å². The Hall–Kier alpha value is -2.22. The van der Waals surface area contributed by atoms with Gasteiger partial charge in [0.25, 0.3) is 5.91 Å². The molecule has 30 heavy (non-hydrogen) atoms. The van der Waals surface area contributed by atoms with Crippen molar-refractivity contribution in [3.63, 3.8) is 0 Å². The summed E-state index contributed by atoms with van der Waals surface area (Å²) in [7, 11) is -3.60. The molecule has 0 bridgehead atoms. The largest absolute Gasteiger partial charge is 0.328 e. The molecule has 0 radical (unpaired) electrons. The molecular weight excluding hydrogens is 398 g/mol. The fourth-order valence-corrected chi connectivity index (χ4v) is 5.69. The van der Waals surface area contributed by atoms with Crippen molar-refractivity contribution in [1.29, 1.82) is 0 Å². The maximum atomic E-state index is 13.1. The van der Waals surface area contributed by atoms with Crippen molar-refractivity contribution in [3.05, 3.63) is 65.2 Å². The first-order valence-electron chi connectivity index (χ1n) is 10.6. The van der Waals surface area contributed by atoms with Gasteiger partial charge < -0.3 is 9.80 Å². The van der Waals surface area contributed by atoms with Gasteiger partial charge in [-0.25, -0.2) is 8.42 Å². The van der Waals surface area contributed by atoms with E-state index < -0.39 is 10.0 Å². The number of hydrogen-bond acceptors (Lipinski definition) is 3. The minimum atomic E-state index is -3.60. The van der Waals surface area contributed by atoms with Crippen molar-refractivity contribution in [3.8, 4) is 0 Å². The van der Waals surface area contributed by atoms with Crippen molar-refractivity contribution < 1.29 is 18.1 Å². The molecule has 162 valence electrons. The first kappa shape index (κ1) is 22.5. The molecule has 0 spiro atoms. The number of rotatable bonds is 7. The number of amides is 1. The van der Waals surface area contributed by atoms with E-state index >= 15 is 0 Å². The van der Waals surface area contributed by atoms with Crippen LogP contribution in [-0.4, -0.2) is 62.8 Å². The lowest BCUT2D eigenvalue weighted by Crippen LogP contribution is -3.13. The van der Waals surface area contributed by atoms with E-state index in [4.69, 9.17) is 0 Å². The smallest absolute Gasteiger partial charge is 0.254 e. The Morgan fingerprint density at radius 3 is 2.27 bits per heavy atom. The van der Waals surface area contributed by atoms with Gasteiger partial charge >= 0.3 is 0 Å². The van der Waals surface area contributed by atoms with E-state index in [2.05, 4.69) is 24.3 Å². The summed E-state index contributed by atoms with van der Waals surface area (Å²) in [6.07, 6.45) is 0. The van der Waals surface area contributed by atoms with E-state index in [1.807, 2.05) is 24.8 Å². The molecule has 6 nitrogen and oxygen atoms in total. The molecule has 1 N–H and O–H groups in total. The van der Waals surface area contributed by atoms with Crippen LogP contribution in [0.3, 0.4) is 0 Å². The van der Waals surface area contributed by atoms with E-state index in [0.29, 0.717) is 37.3 Å². The summed E-state index contributed by atoms with van der Waals surface area (Å²) in [5.74, 6) is -0.0928. The van der Waals surface area contributed by atoms with Gasteiger partial charge in [-0.15, -0.1) is 0 Å². The minimum Gasteiger partial charge on any atom is -0.328 e. The summed E-state index contributed by atoms with van der Waals surface area (Å²) >= 11 is 0. The number of sulfonamides is 1. The number of piperazine rings is 1. The number of hydrogen-bond donors (Lipinski definition) is 1. The monoisotopic (exact) mass is 430 g/mol. The Balaban J connectivity index is 1.71. The van der Waals surface area contributed by atoms with Crippen LogP contribution in [0.15, 0.2) is 53.4 Å².